The number of alkyl halides is 3. The number of hydrogen-bond donors (Lipinski definition) is 0. The van der Waals surface area contributed by atoms with E-state index >= 15 is 0 Å². The van der Waals surface area contributed by atoms with E-state index in [0.29, 0.717) is 19.8 Å². The van der Waals surface area contributed by atoms with Gasteiger partial charge < -0.3 is 14.5 Å². The maximum absolute atomic E-state index is 13.0. The number of nitrogens with zero attached hydrogens (tertiary/aromatic N) is 2. The van der Waals surface area contributed by atoms with Crippen LogP contribution in [-0.2, 0) is 22.3 Å². The first-order valence-corrected chi connectivity index (χ1v) is 9.84. The number of para-hydroxylation sites is 1. The number of carbonyl (C=O) groups is 1. The lowest BCUT2D eigenvalue weighted by Crippen LogP contribution is -2.37. The summed E-state index contributed by atoms with van der Waals surface area (Å²) in [6.45, 7) is 3.27. The Hall–Kier alpha value is -2.51. The lowest BCUT2D eigenvalue weighted by atomic mass is 10.1. The second-order valence-corrected chi connectivity index (χ2v) is 7.40. The Kier molecular flexibility index (Phi) is 7.05. The Labute approximate surface area is 178 Å². The number of benzene rings is 2. The molecule has 0 unspecified atom stereocenters. The second-order valence-electron chi connectivity index (χ2n) is 6.99. The zero-order valence-corrected chi connectivity index (χ0v) is 17.2. The summed E-state index contributed by atoms with van der Waals surface area (Å²) in [7, 11) is 1.66. The highest BCUT2D eigenvalue weighted by atomic mass is 35.5. The summed E-state index contributed by atoms with van der Waals surface area (Å²) in [6, 6.07) is 11.4. The van der Waals surface area contributed by atoms with E-state index in [1.165, 1.54) is 29.2 Å². The molecule has 0 atom stereocenters. The average molecular weight is 439 g/mol. The van der Waals surface area contributed by atoms with E-state index in [0.717, 1.165) is 30.4 Å². The SMILES string of the molecule is CN(Cc1ccccc1N1CCOCC1)C(=O)/C=C/c1ccc(Cl)c(C(F)(F)F)c1. The third-order valence-corrected chi connectivity index (χ3v) is 5.17. The zero-order valence-electron chi connectivity index (χ0n) is 16.5. The molecule has 4 nitrogen and oxygen atoms in total. The van der Waals surface area contributed by atoms with Crippen molar-refractivity contribution in [3.63, 3.8) is 0 Å². The molecule has 0 radical (unpaired) electrons. The van der Waals surface area contributed by atoms with Gasteiger partial charge in [-0.25, -0.2) is 0 Å². The number of anilines is 1. The Balaban J connectivity index is 1.70. The molecule has 0 aromatic heterocycles. The first-order valence-electron chi connectivity index (χ1n) is 9.46. The highest BCUT2D eigenvalue weighted by Crippen LogP contribution is 2.35. The predicted octanol–water partition coefficient (Wildman–Crippen LogP) is 4.87. The van der Waals surface area contributed by atoms with Crippen LogP contribution in [-0.4, -0.2) is 44.2 Å². The van der Waals surface area contributed by atoms with E-state index in [1.807, 2.05) is 24.3 Å². The number of hydrogen-bond acceptors (Lipinski definition) is 3. The van der Waals surface area contributed by atoms with E-state index in [9.17, 15) is 18.0 Å². The van der Waals surface area contributed by atoms with Gasteiger partial charge in [-0.1, -0.05) is 35.9 Å². The topological polar surface area (TPSA) is 32.8 Å². The van der Waals surface area contributed by atoms with Crippen molar-refractivity contribution in [2.75, 3.05) is 38.3 Å². The van der Waals surface area contributed by atoms with Gasteiger partial charge in [-0.3, -0.25) is 4.79 Å². The van der Waals surface area contributed by atoms with Crippen LogP contribution in [0, 0.1) is 0 Å². The van der Waals surface area contributed by atoms with Gasteiger partial charge >= 0.3 is 6.18 Å². The van der Waals surface area contributed by atoms with Crippen molar-refractivity contribution < 1.29 is 22.7 Å². The molecular weight excluding hydrogens is 417 g/mol. The number of carbonyl (C=O) groups excluding carboxylic acids is 1. The van der Waals surface area contributed by atoms with E-state index in [1.54, 1.807) is 7.05 Å². The molecule has 2 aromatic rings. The summed E-state index contributed by atoms with van der Waals surface area (Å²) in [6.07, 6.45) is -1.93. The van der Waals surface area contributed by atoms with Crippen molar-refractivity contribution in [3.05, 3.63) is 70.3 Å². The van der Waals surface area contributed by atoms with Crippen molar-refractivity contribution in [1.82, 2.24) is 4.90 Å². The molecule has 8 heteroatoms. The van der Waals surface area contributed by atoms with Gasteiger partial charge in [0.15, 0.2) is 0 Å². The lowest BCUT2D eigenvalue weighted by molar-refractivity contribution is -0.137. The summed E-state index contributed by atoms with van der Waals surface area (Å²) in [5.74, 6) is -0.310. The van der Waals surface area contributed by atoms with Crippen molar-refractivity contribution in [2.24, 2.45) is 0 Å². The van der Waals surface area contributed by atoms with Crippen LogP contribution in [0.5, 0.6) is 0 Å². The third-order valence-electron chi connectivity index (χ3n) is 4.84. The van der Waals surface area contributed by atoms with Gasteiger partial charge in [0.25, 0.3) is 0 Å². The van der Waals surface area contributed by atoms with E-state index in [2.05, 4.69) is 4.90 Å². The number of rotatable bonds is 5. The van der Waals surface area contributed by atoms with E-state index < -0.39 is 11.7 Å². The van der Waals surface area contributed by atoms with Crippen molar-refractivity contribution >= 4 is 29.3 Å². The van der Waals surface area contributed by atoms with Gasteiger partial charge in [0, 0.05) is 38.4 Å². The smallest absolute Gasteiger partial charge is 0.378 e. The number of likely N-dealkylation sites (N-methyl/N-ethyl adjacent to an activating group) is 1. The molecule has 160 valence electrons. The molecule has 30 heavy (non-hydrogen) atoms. The summed E-state index contributed by atoms with van der Waals surface area (Å²) in [5, 5.41) is -0.372. The number of morpholine rings is 1. The minimum atomic E-state index is -4.55. The van der Waals surface area contributed by atoms with Crippen LogP contribution >= 0.6 is 11.6 Å². The summed E-state index contributed by atoms with van der Waals surface area (Å²) < 4.78 is 44.4. The van der Waals surface area contributed by atoms with E-state index in [4.69, 9.17) is 16.3 Å². The number of halogens is 4. The highest BCUT2D eigenvalue weighted by Gasteiger charge is 2.33. The van der Waals surface area contributed by atoms with Crippen LogP contribution in [0.15, 0.2) is 48.5 Å². The van der Waals surface area contributed by atoms with Gasteiger partial charge in [0.05, 0.1) is 23.8 Å². The molecule has 1 amide bonds. The van der Waals surface area contributed by atoms with Gasteiger partial charge in [-0.2, -0.15) is 13.2 Å². The fourth-order valence-corrected chi connectivity index (χ4v) is 3.47. The molecule has 1 saturated heterocycles. The van der Waals surface area contributed by atoms with Crippen molar-refractivity contribution in [3.8, 4) is 0 Å². The van der Waals surface area contributed by atoms with Crippen LogP contribution in [0.3, 0.4) is 0 Å². The van der Waals surface area contributed by atoms with Crippen LogP contribution in [0.1, 0.15) is 16.7 Å². The summed E-state index contributed by atoms with van der Waals surface area (Å²) in [5.41, 5.74) is 1.38. The maximum Gasteiger partial charge on any atom is 0.417 e. The Morgan fingerprint density at radius 2 is 1.90 bits per heavy atom. The van der Waals surface area contributed by atoms with Crippen LogP contribution in [0.4, 0.5) is 18.9 Å². The van der Waals surface area contributed by atoms with Crippen LogP contribution < -0.4 is 4.90 Å². The van der Waals surface area contributed by atoms with Gasteiger partial charge in [0.1, 0.15) is 0 Å². The van der Waals surface area contributed by atoms with Gasteiger partial charge in [-0.15, -0.1) is 0 Å². The lowest BCUT2D eigenvalue weighted by Gasteiger charge is -2.31. The van der Waals surface area contributed by atoms with E-state index in [-0.39, 0.29) is 16.5 Å². The molecule has 1 fully saturated rings. The van der Waals surface area contributed by atoms with Crippen LogP contribution in [0.2, 0.25) is 5.02 Å². The van der Waals surface area contributed by atoms with Crippen molar-refractivity contribution in [1.29, 1.82) is 0 Å². The Bertz CT molecular complexity index is 925. The number of amides is 1. The summed E-state index contributed by atoms with van der Waals surface area (Å²) in [4.78, 5) is 16.3. The Morgan fingerprint density at radius 3 is 2.60 bits per heavy atom. The normalized spacial score (nSPS) is 14.9. The second kappa shape index (κ2) is 9.53. The molecular formula is C22H22ClF3N2O2. The minimum Gasteiger partial charge on any atom is -0.378 e. The standard InChI is InChI=1S/C22H22ClF3N2O2/c1-27(15-17-4-2-3-5-20(17)28-10-12-30-13-11-28)21(29)9-7-16-6-8-19(23)18(14-16)22(24,25)26/h2-9,14H,10-13,15H2,1H3/b9-7+. The largest absolute Gasteiger partial charge is 0.417 e. The molecule has 1 heterocycles. The molecule has 3 rings (SSSR count). The highest BCUT2D eigenvalue weighted by molar-refractivity contribution is 6.31. The summed E-state index contributed by atoms with van der Waals surface area (Å²) >= 11 is 5.63. The molecule has 0 bridgehead atoms. The molecule has 1 aliphatic rings. The van der Waals surface area contributed by atoms with Gasteiger partial charge in [0.2, 0.25) is 5.91 Å². The Morgan fingerprint density at radius 1 is 1.20 bits per heavy atom. The van der Waals surface area contributed by atoms with Gasteiger partial charge in [-0.05, 0) is 35.4 Å². The third kappa shape index (κ3) is 5.55. The predicted molar refractivity (Wildman–Crippen MR) is 111 cm³/mol. The molecule has 1 aliphatic heterocycles. The number of ether oxygens (including phenoxy) is 1. The quantitative estimate of drug-likeness (QED) is 0.624. The monoisotopic (exact) mass is 438 g/mol. The molecule has 2 aromatic carbocycles. The molecule has 0 aliphatic carbocycles. The molecule has 0 saturated carbocycles. The van der Waals surface area contributed by atoms with Crippen LogP contribution in [0.25, 0.3) is 6.08 Å². The minimum absolute atomic E-state index is 0.252. The fourth-order valence-electron chi connectivity index (χ4n) is 3.25. The average Bonchev–Trinajstić information content (AvgIpc) is 2.73. The first kappa shape index (κ1) is 22.2. The zero-order chi connectivity index (χ0) is 21.7. The molecule has 0 N–H and O–H groups in total. The van der Waals surface area contributed by atoms with Crippen molar-refractivity contribution in [2.45, 2.75) is 12.7 Å². The maximum atomic E-state index is 13.0. The molecule has 0 spiro atoms. The first-order chi connectivity index (χ1) is 14.3. The fraction of sp³-hybridized carbons (Fsp3) is 0.318.